The first-order chi connectivity index (χ1) is 9.97. The molecule has 0 aliphatic rings. The lowest BCUT2D eigenvalue weighted by molar-refractivity contribution is -0.385. The van der Waals surface area contributed by atoms with Crippen LogP contribution in [-0.2, 0) is 6.54 Å². The Bertz CT molecular complexity index is 641. The maximum absolute atomic E-state index is 11.1. The van der Waals surface area contributed by atoms with E-state index in [-0.39, 0.29) is 16.7 Å². The first-order valence-corrected chi connectivity index (χ1v) is 7.49. The van der Waals surface area contributed by atoms with Crippen molar-refractivity contribution in [2.75, 3.05) is 0 Å². The van der Waals surface area contributed by atoms with E-state index in [1.165, 1.54) is 17.2 Å². The molecule has 0 bridgehead atoms. The molecule has 2 aromatic rings. The van der Waals surface area contributed by atoms with Crippen LogP contribution in [0.25, 0.3) is 0 Å². The standard InChI is InChI=1S/C16H17BrN2O2/c1-11-3-5-13(6-4-11)12(2)18-10-14-7-8-15(17)9-16(14)19(20)21/h3-9,12,18H,10H2,1-2H3. The molecule has 0 spiro atoms. The van der Waals surface area contributed by atoms with E-state index in [9.17, 15) is 10.1 Å². The number of nitro benzene ring substituents is 1. The zero-order chi connectivity index (χ0) is 15.4. The molecular formula is C16H17BrN2O2. The average molecular weight is 349 g/mol. The van der Waals surface area contributed by atoms with Crippen LogP contribution in [0.3, 0.4) is 0 Å². The van der Waals surface area contributed by atoms with Crippen molar-refractivity contribution in [2.24, 2.45) is 0 Å². The van der Waals surface area contributed by atoms with Gasteiger partial charge in [0.1, 0.15) is 0 Å². The van der Waals surface area contributed by atoms with Crippen molar-refractivity contribution in [2.45, 2.75) is 26.4 Å². The molecule has 2 rings (SSSR count). The van der Waals surface area contributed by atoms with Gasteiger partial charge in [0.15, 0.2) is 0 Å². The van der Waals surface area contributed by atoms with Crippen molar-refractivity contribution >= 4 is 21.6 Å². The van der Waals surface area contributed by atoms with Gasteiger partial charge in [-0.15, -0.1) is 0 Å². The fourth-order valence-corrected chi connectivity index (χ4v) is 2.44. The summed E-state index contributed by atoms with van der Waals surface area (Å²) in [5.41, 5.74) is 3.20. The minimum atomic E-state index is -0.349. The van der Waals surface area contributed by atoms with E-state index in [4.69, 9.17) is 0 Å². The molecule has 21 heavy (non-hydrogen) atoms. The quantitative estimate of drug-likeness (QED) is 0.638. The number of benzene rings is 2. The SMILES string of the molecule is Cc1ccc(C(C)NCc2ccc(Br)cc2[N+](=O)[O-])cc1. The second-order valence-corrected chi connectivity index (χ2v) is 5.96. The first kappa shape index (κ1) is 15.7. The van der Waals surface area contributed by atoms with Gasteiger partial charge in [0.25, 0.3) is 5.69 Å². The molecule has 110 valence electrons. The molecule has 0 saturated carbocycles. The number of halogens is 1. The summed E-state index contributed by atoms with van der Waals surface area (Å²) in [6.45, 7) is 4.56. The lowest BCUT2D eigenvalue weighted by Crippen LogP contribution is -2.18. The summed E-state index contributed by atoms with van der Waals surface area (Å²) in [6.07, 6.45) is 0. The number of aryl methyl sites for hydroxylation is 1. The van der Waals surface area contributed by atoms with Crippen LogP contribution in [0.2, 0.25) is 0 Å². The van der Waals surface area contributed by atoms with Gasteiger partial charge in [-0.2, -0.15) is 0 Å². The summed E-state index contributed by atoms with van der Waals surface area (Å²) < 4.78 is 0.713. The molecule has 1 N–H and O–H groups in total. The Morgan fingerprint density at radius 2 is 1.90 bits per heavy atom. The molecule has 0 aliphatic carbocycles. The number of hydrogen-bond donors (Lipinski definition) is 1. The summed E-state index contributed by atoms with van der Waals surface area (Å²) in [5.74, 6) is 0. The van der Waals surface area contributed by atoms with Crippen LogP contribution < -0.4 is 5.32 Å². The van der Waals surface area contributed by atoms with Gasteiger partial charge in [0.05, 0.1) is 4.92 Å². The predicted octanol–water partition coefficient (Wildman–Crippen LogP) is 4.52. The summed E-state index contributed by atoms with van der Waals surface area (Å²) in [4.78, 5) is 10.7. The molecule has 1 unspecified atom stereocenters. The van der Waals surface area contributed by atoms with Gasteiger partial charge >= 0.3 is 0 Å². The van der Waals surface area contributed by atoms with Crippen LogP contribution in [0.15, 0.2) is 46.9 Å². The smallest absolute Gasteiger partial charge is 0.275 e. The van der Waals surface area contributed by atoms with Gasteiger partial charge in [-0.1, -0.05) is 45.8 Å². The third-order valence-corrected chi connectivity index (χ3v) is 3.91. The minimum absolute atomic E-state index is 0.132. The lowest BCUT2D eigenvalue weighted by atomic mass is 10.1. The monoisotopic (exact) mass is 348 g/mol. The molecule has 0 aromatic heterocycles. The number of hydrogen-bond acceptors (Lipinski definition) is 3. The maximum Gasteiger partial charge on any atom is 0.275 e. The fraction of sp³-hybridized carbons (Fsp3) is 0.250. The van der Waals surface area contributed by atoms with Gasteiger partial charge in [-0.05, 0) is 31.5 Å². The van der Waals surface area contributed by atoms with Gasteiger partial charge < -0.3 is 5.32 Å². The maximum atomic E-state index is 11.1. The molecule has 0 aliphatic heterocycles. The molecule has 0 fully saturated rings. The Hall–Kier alpha value is -1.72. The first-order valence-electron chi connectivity index (χ1n) is 6.70. The third kappa shape index (κ3) is 4.12. The Morgan fingerprint density at radius 1 is 1.24 bits per heavy atom. The van der Waals surface area contributed by atoms with E-state index < -0.39 is 0 Å². The Labute approximate surface area is 132 Å². The minimum Gasteiger partial charge on any atom is -0.306 e. The molecular weight excluding hydrogens is 332 g/mol. The number of nitrogens with one attached hydrogen (secondary N) is 1. The van der Waals surface area contributed by atoms with Crippen LogP contribution in [0.4, 0.5) is 5.69 Å². The van der Waals surface area contributed by atoms with E-state index >= 15 is 0 Å². The third-order valence-electron chi connectivity index (χ3n) is 3.42. The molecule has 1 atom stereocenters. The molecule has 0 amide bonds. The Kier molecular flexibility index (Phi) is 5.09. The number of nitrogens with zero attached hydrogens (tertiary/aromatic N) is 1. The summed E-state index contributed by atoms with van der Waals surface area (Å²) in [7, 11) is 0. The van der Waals surface area contributed by atoms with Crippen LogP contribution >= 0.6 is 15.9 Å². The fourth-order valence-electron chi connectivity index (χ4n) is 2.09. The highest BCUT2D eigenvalue weighted by molar-refractivity contribution is 9.10. The van der Waals surface area contributed by atoms with E-state index in [2.05, 4.69) is 52.4 Å². The normalized spacial score (nSPS) is 12.1. The molecule has 4 nitrogen and oxygen atoms in total. The van der Waals surface area contributed by atoms with Gasteiger partial charge in [-0.3, -0.25) is 10.1 Å². The summed E-state index contributed by atoms with van der Waals surface area (Å²) in [5, 5.41) is 14.4. The molecule has 2 aromatic carbocycles. The molecule has 5 heteroatoms. The van der Waals surface area contributed by atoms with Crippen LogP contribution in [-0.4, -0.2) is 4.92 Å². The van der Waals surface area contributed by atoms with Crippen molar-refractivity contribution in [3.05, 3.63) is 73.7 Å². The van der Waals surface area contributed by atoms with Crippen LogP contribution in [0, 0.1) is 17.0 Å². The number of rotatable bonds is 5. The van der Waals surface area contributed by atoms with Crippen molar-refractivity contribution in [1.29, 1.82) is 0 Å². The van der Waals surface area contributed by atoms with Gasteiger partial charge in [0, 0.05) is 28.7 Å². The second-order valence-electron chi connectivity index (χ2n) is 5.04. The van der Waals surface area contributed by atoms with E-state index in [1.54, 1.807) is 6.07 Å². The van der Waals surface area contributed by atoms with Gasteiger partial charge in [0.2, 0.25) is 0 Å². The van der Waals surface area contributed by atoms with Crippen molar-refractivity contribution in [3.8, 4) is 0 Å². The van der Waals surface area contributed by atoms with Crippen molar-refractivity contribution < 1.29 is 4.92 Å². The predicted molar refractivity (Wildman–Crippen MR) is 87.2 cm³/mol. The highest BCUT2D eigenvalue weighted by Gasteiger charge is 2.15. The second kappa shape index (κ2) is 6.83. The largest absolute Gasteiger partial charge is 0.306 e. The Balaban J connectivity index is 2.09. The lowest BCUT2D eigenvalue weighted by Gasteiger charge is -2.14. The molecule has 0 radical (unpaired) electrons. The zero-order valence-corrected chi connectivity index (χ0v) is 13.6. The van der Waals surface area contributed by atoms with Crippen molar-refractivity contribution in [3.63, 3.8) is 0 Å². The highest BCUT2D eigenvalue weighted by Crippen LogP contribution is 2.24. The van der Waals surface area contributed by atoms with Crippen LogP contribution in [0.1, 0.15) is 29.7 Å². The number of nitro groups is 1. The summed E-state index contributed by atoms with van der Waals surface area (Å²) >= 11 is 3.26. The molecule has 0 heterocycles. The van der Waals surface area contributed by atoms with E-state index in [1.807, 2.05) is 13.0 Å². The zero-order valence-electron chi connectivity index (χ0n) is 12.0. The van der Waals surface area contributed by atoms with E-state index in [0.717, 1.165) is 0 Å². The van der Waals surface area contributed by atoms with E-state index in [0.29, 0.717) is 16.6 Å². The Morgan fingerprint density at radius 3 is 2.52 bits per heavy atom. The molecule has 0 saturated heterocycles. The average Bonchev–Trinajstić information content (AvgIpc) is 2.46. The highest BCUT2D eigenvalue weighted by atomic mass is 79.9. The summed E-state index contributed by atoms with van der Waals surface area (Å²) in [6, 6.07) is 13.5. The van der Waals surface area contributed by atoms with Gasteiger partial charge in [-0.25, -0.2) is 0 Å². The topological polar surface area (TPSA) is 55.2 Å². The van der Waals surface area contributed by atoms with Crippen molar-refractivity contribution in [1.82, 2.24) is 5.32 Å². The van der Waals surface area contributed by atoms with Crippen LogP contribution in [0.5, 0.6) is 0 Å².